The van der Waals surface area contributed by atoms with Gasteiger partial charge in [0, 0.05) is 0 Å². The molecule has 0 spiro atoms. The average molecular weight is 379 g/mol. The number of phenolic OH excluding ortho intramolecular Hbond substituents is 2. The van der Waals surface area contributed by atoms with Gasteiger partial charge in [-0.3, -0.25) is 0 Å². The second-order valence-corrected chi connectivity index (χ2v) is 8.49. The minimum absolute atomic E-state index is 0.247. The first-order valence-corrected chi connectivity index (χ1v) is 9.87. The van der Waals surface area contributed by atoms with Gasteiger partial charge >= 0.3 is 143 Å². The molecule has 124 valence electrons. The molecule has 0 bridgehead atoms. The monoisotopic (exact) mass is 380 g/mol. The van der Waals surface area contributed by atoms with Crippen LogP contribution < -0.4 is 11.5 Å². The van der Waals surface area contributed by atoms with Gasteiger partial charge in [-0.1, -0.05) is 0 Å². The second-order valence-electron chi connectivity index (χ2n) is 6.42. The van der Waals surface area contributed by atoms with E-state index < -0.39 is 11.1 Å². The number of aromatic hydroxyl groups is 2. The maximum absolute atomic E-state index is 9.38. The summed E-state index contributed by atoms with van der Waals surface area (Å²) >= 11 is 0.267. The molecule has 6 N–H and O–H groups in total. The van der Waals surface area contributed by atoms with Crippen molar-refractivity contribution in [2.75, 3.05) is 0 Å². The van der Waals surface area contributed by atoms with Gasteiger partial charge < -0.3 is 0 Å². The number of hydrogen-bond acceptors (Lipinski definition) is 4. The predicted molar refractivity (Wildman–Crippen MR) is 94.7 cm³/mol. The summed E-state index contributed by atoms with van der Waals surface area (Å²) in [6.45, 7) is 4.02. The van der Waals surface area contributed by atoms with E-state index in [1.807, 2.05) is 38.1 Å². The molecule has 0 aromatic heterocycles. The molecular formula is C18H24N2O2Se. The summed E-state index contributed by atoms with van der Waals surface area (Å²) in [6, 6.07) is 14.1. The van der Waals surface area contributed by atoms with Crippen LogP contribution in [-0.4, -0.2) is 25.2 Å². The molecule has 0 aliphatic carbocycles. The molecule has 4 nitrogen and oxygen atoms in total. The van der Waals surface area contributed by atoms with Crippen molar-refractivity contribution in [1.82, 2.24) is 0 Å². The molecule has 0 saturated heterocycles. The third kappa shape index (κ3) is 4.72. The van der Waals surface area contributed by atoms with Gasteiger partial charge in [0.05, 0.1) is 0 Å². The van der Waals surface area contributed by atoms with Crippen molar-refractivity contribution in [3.05, 3.63) is 59.7 Å². The Morgan fingerprint density at radius 3 is 1.35 bits per heavy atom. The van der Waals surface area contributed by atoms with Gasteiger partial charge in [0.2, 0.25) is 0 Å². The SMILES string of the molecule is CC(N)(C[Se]CC(C)(N)c1ccc(O)cc1)c1ccc(O)cc1. The van der Waals surface area contributed by atoms with E-state index in [1.54, 1.807) is 24.3 Å². The van der Waals surface area contributed by atoms with Gasteiger partial charge in [-0.2, -0.15) is 0 Å². The standard InChI is InChI=1S/C18H24N2O2Se/c1-17(19,13-3-7-15(21)8-4-13)11-23-12-18(2,20)14-5-9-16(22)10-6-14/h3-10,21-22H,11-12,19-20H2,1-2H3. The summed E-state index contributed by atoms with van der Waals surface area (Å²) < 4.78 is 0. The van der Waals surface area contributed by atoms with E-state index in [0.29, 0.717) is 0 Å². The molecule has 2 aromatic rings. The van der Waals surface area contributed by atoms with Crippen molar-refractivity contribution >= 4 is 15.0 Å². The maximum atomic E-state index is 9.38. The summed E-state index contributed by atoms with van der Waals surface area (Å²) in [4.78, 5) is 0. The van der Waals surface area contributed by atoms with Crippen LogP contribution in [0.1, 0.15) is 25.0 Å². The molecule has 2 rings (SSSR count). The summed E-state index contributed by atoms with van der Waals surface area (Å²) in [5.41, 5.74) is 14.0. The molecule has 0 fully saturated rings. The summed E-state index contributed by atoms with van der Waals surface area (Å²) in [7, 11) is 0. The summed E-state index contributed by atoms with van der Waals surface area (Å²) in [6.07, 6.45) is 0. The van der Waals surface area contributed by atoms with E-state index in [0.717, 1.165) is 21.8 Å². The Labute approximate surface area is 143 Å². The van der Waals surface area contributed by atoms with E-state index in [4.69, 9.17) is 11.5 Å². The molecule has 0 radical (unpaired) electrons. The van der Waals surface area contributed by atoms with E-state index in [9.17, 15) is 10.2 Å². The molecule has 5 heteroatoms. The van der Waals surface area contributed by atoms with Crippen LogP contribution in [-0.2, 0) is 11.1 Å². The molecule has 0 heterocycles. The zero-order chi connectivity index (χ0) is 17.1. The van der Waals surface area contributed by atoms with Crippen molar-refractivity contribution in [2.45, 2.75) is 35.6 Å². The van der Waals surface area contributed by atoms with Crippen molar-refractivity contribution in [1.29, 1.82) is 0 Å². The second kappa shape index (κ2) is 6.93. The van der Waals surface area contributed by atoms with Crippen LogP contribution in [0.2, 0.25) is 10.6 Å². The van der Waals surface area contributed by atoms with Gasteiger partial charge in [-0.25, -0.2) is 0 Å². The Morgan fingerprint density at radius 1 is 0.739 bits per heavy atom. The number of nitrogens with two attached hydrogens (primary N) is 2. The fourth-order valence-corrected chi connectivity index (χ4v) is 5.02. The van der Waals surface area contributed by atoms with Gasteiger partial charge in [-0.15, -0.1) is 0 Å². The molecule has 0 amide bonds. The number of phenols is 2. The fraction of sp³-hybridized carbons (Fsp3) is 0.333. The quantitative estimate of drug-likeness (QED) is 0.581. The topological polar surface area (TPSA) is 92.5 Å². The van der Waals surface area contributed by atoms with Crippen LogP contribution in [0.3, 0.4) is 0 Å². The van der Waals surface area contributed by atoms with Gasteiger partial charge in [0.25, 0.3) is 0 Å². The molecule has 0 saturated carbocycles. The Bertz CT molecular complexity index is 580. The molecule has 0 aliphatic heterocycles. The number of hydrogen-bond donors (Lipinski definition) is 4. The Morgan fingerprint density at radius 2 is 1.04 bits per heavy atom. The molecule has 2 unspecified atom stereocenters. The van der Waals surface area contributed by atoms with Crippen molar-refractivity contribution in [3.8, 4) is 11.5 Å². The van der Waals surface area contributed by atoms with Crippen molar-refractivity contribution < 1.29 is 10.2 Å². The van der Waals surface area contributed by atoms with Crippen LogP contribution in [0.5, 0.6) is 11.5 Å². The van der Waals surface area contributed by atoms with E-state index in [1.165, 1.54) is 0 Å². The zero-order valence-corrected chi connectivity index (χ0v) is 15.2. The molecular weight excluding hydrogens is 355 g/mol. The Balaban J connectivity index is 1.97. The fourth-order valence-electron chi connectivity index (χ4n) is 2.33. The molecule has 0 aliphatic rings. The predicted octanol–water partition coefficient (Wildman–Crippen LogP) is 2.69. The van der Waals surface area contributed by atoms with E-state index in [-0.39, 0.29) is 26.5 Å². The third-order valence-electron chi connectivity index (χ3n) is 3.86. The van der Waals surface area contributed by atoms with Crippen LogP contribution in [0.15, 0.2) is 48.5 Å². The minimum atomic E-state index is -0.432. The van der Waals surface area contributed by atoms with Crippen LogP contribution in [0.4, 0.5) is 0 Å². The van der Waals surface area contributed by atoms with Gasteiger partial charge in [0.15, 0.2) is 0 Å². The number of benzene rings is 2. The summed E-state index contributed by atoms with van der Waals surface area (Å²) in [5, 5.41) is 20.5. The first kappa shape index (κ1) is 17.8. The van der Waals surface area contributed by atoms with Crippen molar-refractivity contribution in [2.24, 2.45) is 11.5 Å². The first-order chi connectivity index (χ1) is 10.7. The average Bonchev–Trinajstić information content (AvgIpc) is 2.47. The van der Waals surface area contributed by atoms with Gasteiger partial charge in [-0.05, 0) is 0 Å². The van der Waals surface area contributed by atoms with Crippen molar-refractivity contribution in [3.63, 3.8) is 0 Å². The normalized spacial score (nSPS) is 16.5. The van der Waals surface area contributed by atoms with Crippen LogP contribution in [0.25, 0.3) is 0 Å². The first-order valence-electron chi connectivity index (χ1n) is 7.45. The van der Waals surface area contributed by atoms with Gasteiger partial charge in [0.1, 0.15) is 0 Å². The molecule has 23 heavy (non-hydrogen) atoms. The summed E-state index contributed by atoms with van der Waals surface area (Å²) in [5.74, 6) is 0.494. The number of rotatable bonds is 6. The Hall–Kier alpha value is -1.52. The zero-order valence-electron chi connectivity index (χ0n) is 13.5. The Kier molecular flexibility index (Phi) is 5.37. The van der Waals surface area contributed by atoms with E-state index >= 15 is 0 Å². The third-order valence-corrected chi connectivity index (χ3v) is 7.23. The van der Waals surface area contributed by atoms with Crippen LogP contribution in [0, 0.1) is 0 Å². The van der Waals surface area contributed by atoms with E-state index in [2.05, 4.69) is 0 Å². The van der Waals surface area contributed by atoms with Crippen LogP contribution >= 0.6 is 0 Å². The molecule has 2 aromatic carbocycles. The molecule has 2 atom stereocenters.